The van der Waals surface area contributed by atoms with Crippen molar-refractivity contribution in [2.24, 2.45) is 5.73 Å². The molecular formula is C14H16N2OS. The molecule has 1 aromatic heterocycles. The molecule has 1 amide bonds. The summed E-state index contributed by atoms with van der Waals surface area (Å²) >= 11 is 1.45. The molecule has 0 aliphatic rings. The van der Waals surface area contributed by atoms with E-state index in [1.807, 2.05) is 6.92 Å². The van der Waals surface area contributed by atoms with Crippen molar-refractivity contribution in [1.82, 2.24) is 4.98 Å². The maximum atomic E-state index is 11.1. The van der Waals surface area contributed by atoms with Crippen molar-refractivity contribution in [3.05, 3.63) is 40.4 Å². The highest BCUT2D eigenvalue weighted by Crippen LogP contribution is 2.29. The Kier molecular flexibility index (Phi) is 3.48. The van der Waals surface area contributed by atoms with E-state index in [4.69, 9.17) is 5.73 Å². The molecule has 0 saturated carbocycles. The Morgan fingerprint density at radius 2 is 2.11 bits per heavy atom. The number of thiazole rings is 1. The largest absolute Gasteiger partial charge is 0.364 e. The molecule has 3 nitrogen and oxygen atoms in total. The number of aryl methyl sites for hydroxylation is 1. The lowest BCUT2D eigenvalue weighted by atomic mass is 9.98. The average Bonchev–Trinajstić information content (AvgIpc) is 2.78. The number of aromatic nitrogens is 1. The Hall–Kier alpha value is -1.68. The zero-order valence-electron chi connectivity index (χ0n) is 10.7. The molecule has 18 heavy (non-hydrogen) atoms. The molecule has 0 saturated heterocycles. The number of rotatable bonds is 3. The normalized spacial score (nSPS) is 10.9. The van der Waals surface area contributed by atoms with Gasteiger partial charge in [0.15, 0.2) is 0 Å². The van der Waals surface area contributed by atoms with Crippen molar-refractivity contribution in [1.29, 1.82) is 0 Å². The summed E-state index contributed by atoms with van der Waals surface area (Å²) in [5.41, 5.74) is 9.07. The van der Waals surface area contributed by atoms with Crippen molar-refractivity contribution in [3.8, 4) is 10.6 Å². The molecule has 0 aliphatic heterocycles. The maximum Gasteiger partial charge on any atom is 0.268 e. The molecule has 0 spiro atoms. The molecular weight excluding hydrogens is 244 g/mol. The Bertz CT molecular complexity index is 587. The van der Waals surface area contributed by atoms with Crippen molar-refractivity contribution in [3.63, 3.8) is 0 Å². The van der Waals surface area contributed by atoms with E-state index in [0.29, 0.717) is 11.6 Å². The van der Waals surface area contributed by atoms with Gasteiger partial charge in [-0.05, 0) is 30.0 Å². The van der Waals surface area contributed by atoms with Crippen LogP contribution < -0.4 is 5.73 Å². The van der Waals surface area contributed by atoms with E-state index in [9.17, 15) is 4.79 Å². The second kappa shape index (κ2) is 4.90. The van der Waals surface area contributed by atoms with Crippen LogP contribution in [-0.4, -0.2) is 10.9 Å². The number of carbonyl (C=O) groups excluding carboxylic acids is 1. The molecule has 0 unspecified atom stereocenters. The number of amides is 1. The number of primary amides is 1. The lowest BCUT2D eigenvalue weighted by molar-refractivity contribution is 0.0996. The lowest BCUT2D eigenvalue weighted by Crippen LogP contribution is -2.11. The molecule has 2 aromatic rings. The SMILES string of the molecule is Cc1ccc(C(C)C)cc1-c1nc(C(N)=O)cs1. The number of nitrogens with zero attached hydrogens (tertiary/aromatic N) is 1. The van der Waals surface area contributed by atoms with E-state index >= 15 is 0 Å². The number of nitrogens with two attached hydrogens (primary N) is 1. The van der Waals surface area contributed by atoms with E-state index in [-0.39, 0.29) is 0 Å². The maximum absolute atomic E-state index is 11.1. The molecule has 1 aromatic carbocycles. The van der Waals surface area contributed by atoms with Gasteiger partial charge in [-0.25, -0.2) is 4.98 Å². The predicted octanol–water partition coefficient (Wildman–Crippen LogP) is 3.34. The zero-order chi connectivity index (χ0) is 13.3. The van der Waals surface area contributed by atoms with Gasteiger partial charge in [-0.3, -0.25) is 4.79 Å². The van der Waals surface area contributed by atoms with E-state index in [1.165, 1.54) is 16.9 Å². The van der Waals surface area contributed by atoms with Gasteiger partial charge in [0.1, 0.15) is 10.7 Å². The number of carbonyl (C=O) groups is 1. The first-order valence-electron chi connectivity index (χ1n) is 5.85. The highest BCUT2D eigenvalue weighted by Gasteiger charge is 2.11. The van der Waals surface area contributed by atoms with Crippen LogP contribution in [0.2, 0.25) is 0 Å². The molecule has 4 heteroatoms. The highest BCUT2D eigenvalue weighted by molar-refractivity contribution is 7.13. The lowest BCUT2D eigenvalue weighted by Gasteiger charge is -2.09. The van der Waals surface area contributed by atoms with E-state index < -0.39 is 5.91 Å². The van der Waals surface area contributed by atoms with E-state index in [2.05, 4.69) is 37.0 Å². The third-order valence-corrected chi connectivity index (χ3v) is 3.79. The third kappa shape index (κ3) is 2.43. The first kappa shape index (κ1) is 12.8. The summed E-state index contributed by atoms with van der Waals surface area (Å²) in [7, 11) is 0. The number of hydrogen-bond acceptors (Lipinski definition) is 3. The number of benzene rings is 1. The van der Waals surface area contributed by atoms with Crippen LogP contribution in [0.1, 0.15) is 41.4 Å². The van der Waals surface area contributed by atoms with Gasteiger partial charge in [-0.1, -0.05) is 26.0 Å². The summed E-state index contributed by atoms with van der Waals surface area (Å²) in [5, 5.41) is 2.56. The van der Waals surface area contributed by atoms with Gasteiger partial charge in [-0.15, -0.1) is 11.3 Å². The van der Waals surface area contributed by atoms with Gasteiger partial charge in [0.25, 0.3) is 5.91 Å². The van der Waals surface area contributed by atoms with Gasteiger partial charge < -0.3 is 5.73 Å². The van der Waals surface area contributed by atoms with Crippen LogP contribution in [0, 0.1) is 6.92 Å². The number of hydrogen-bond donors (Lipinski definition) is 1. The Labute approximate surface area is 111 Å². The first-order valence-corrected chi connectivity index (χ1v) is 6.73. The summed E-state index contributed by atoms with van der Waals surface area (Å²) < 4.78 is 0. The monoisotopic (exact) mass is 260 g/mol. The van der Waals surface area contributed by atoms with Crippen molar-refractivity contribution in [2.75, 3.05) is 0 Å². The summed E-state index contributed by atoms with van der Waals surface area (Å²) in [6.45, 7) is 6.36. The summed E-state index contributed by atoms with van der Waals surface area (Å²) in [4.78, 5) is 15.4. The topological polar surface area (TPSA) is 56.0 Å². The van der Waals surface area contributed by atoms with Crippen LogP contribution in [0.15, 0.2) is 23.6 Å². The van der Waals surface area contributed by atoms with Crippen LogP contribution in [0.4, 0.5) is 0 Å². The molecule has 1 heterocycles. The molecule has 0 aliphatic carbocycles. The fourth-order valence-corrected chi connectivity index (χ4v) is 2.63. The Balaban J connectivity index is 2.48. The predicted molar refractivity (Wildman–Crippen MR) is 74.9 cm³/mol. The fourth-order valence-electron chi connectivity index (χ4n) is 1.74. The van der Waals surface area contributed by atoms with Crippen LogP contribution in [0.25, 0.3) is 10.6 Å². The van der Waals surface area contributed by atoms with Gasteiger partial charge >= 0.3 is 0 Å². The van der Waals surface area contributed by atoms with E-state index in [1.54, 1.807) is 5.38 Å². The standard InChI is InChI=1S/C14H16N2OS/c1-8(2)10-5-4-9(3)11(6-10)14-16-12(7-18-14)13(15)17/h4-8H,1-3H3,(H2,15,17). The summed E-state index contributed by atoms with van der Waals surface area (Å²) in [6.07, 6.45) is 0. The molecule has 2 N–H and O–H groups in total. The quantitative estimate of drug-likeness (QED) is 0.920. The zero-order valence-corrected chi connectivity index (χ0v) is 11.5. The molecule has 0 atom stereocenters. The molecule has 0 fully saturated rings. The van der Waals surface area contributed by atoms with Crippen LogP contribution in [0.5, 0.6) is 0 Å². The molecule has 0 radical (unpaired) electrons. The molecule has 94 valence electrons. The van der Waals surface area contributed by atoms with E-state index in [0.717, 1.165) is 16.1 Å². The fraction of sp³-hybridized carbons (Fsp3) is 0.286. The molecule has 2 rings (SSSR count). The van der Waals surface area contributed by atoms with Crippen LogP contribution >= 0.6 is 11.3 Å². The highest BCUT2D eigenvalue weighted by atomic mass is 32.1. The second-order valence-corrected chi connectivity index (χ2v) is 5.49. The van der Waals surface area contributed by atoms with Crippen molar-refractivity contribution >= 4 is 17.2 Å². The second-order valence-electron chi connectivity index (χ2n) is 4.63. The van der Waals surface area contributed by atoms with Crippen molar-refractivity contribution in [2.45, 2.75) is 26.7 Å². The minimum Gasteiger partial charge on any atom is -0.364 e. The summed E-state index contributed by atoms with van der Waals surface area (Å²) in [6, 6.07) is 6.37. The summed E-state index contributed by atoms with van der Waals surface area (Å²) in [5.74, 6) is -0.00455. The first-order chi connectivity index (χ1) is 8.49. The smallest absolute Gasteiger partial charge is 0.268 e. The molecule has 0 bridgehead atoms. The van der Waals surface area contributed by atoms with Crippen molar-refractivity contribution < 1.29 is 4.79 Å². The Morgan fingerprint density at radius 1 is 1.39 bits per heavy atom. The Morgan fingerprint density at radius 3 is 2.67 bits per heavy atom. The van der Waals surface area contributed by atoms with Gasteiger partial charge in [0, 0.05) is 10.9 Å². The van der Waals surface area contributed by atoms with Crippen LogP contribution in [-0.2, 0) is 0 Å². The minimum atomic E-state index is -0.477. The minimum absolute atomic E-state index is 0.337. The van der Waals surface area contributed by atoms with Gasteiger partial charge in [0.05, 0.1) is 0 Å². The average molecular weight is 260 g/mol. The van der Waals surface area contributed by atoms with Gasteiger partial charge in [0.2, 0.25) is 0 Å². The third-order valence-electron chi connectivity index (χ3n) is 2.92. The van der Waals surface area contributed by atoms with Gasteiger partial charge in [-0.2, -0.15) is 0 Å². The van der Waals surface area contributed by atoms with Crippen LogP contribution in [0.3, 0.4) is 0 Å².